The van der Waals surface area contributed by atoms with Crippen LogP contribution in [-0.4, -0.2) is 9.97 Å². The maximum atomic E-state index is 12.5. The molecule has 2 rings (SSSR count). The molecular formula is C11H9F3N4. The van der Waals surface area contributed by atoms with Gasteiger partial charge in [0.2, 0.25) is 5.95 Å². The van der Waals surface area contributed by atoms with Crippen LogP contribution in [0.3, 0.4) is 0 Å². The molecule has 18 heavy (non-hydrogen) atoms. The molecule has 0 amide bonds. The highest BCUT2D eigenvalue weighted by atomic mass is 19.4. The molecule has 1 aromatic heterocycles. The fourth-order valence-electron chi connectivity index (χ4n) is 1.36. The number of hydrogen-bond donors (Lipinski definition) is 2. The Morgan fingerprint density at radius 3 is 2.61 bits per heavy atom. The van der Waals surface area contributed by atoms with Gasteiger partial charge in [0.1, 0.15) is 5.82 Å². The maximum Gasteiger partial charge on any atom is 0.416 e. The van der Waals surface area contributed by atoms with E-state index in [0.717, 1.165) is 12.1 Å². The van der Waals surface area contributed by atoms with Crippen LogP contribution in [0.2, 0.25) is 0 Å². The molecule has 0 unspecified atom stereocenters. The first-order chi connectivity index (χ1) is 8.45. The number of nitrogens with one attached hydrogen (secondary N) is 1. The smallest absolute Gasteiger partial charge is 0.368 e. The maximum absolute atomic E-state index is 12.5. The van der Waals surface area contributed by atoms with Crippen LogP contribution in [0, 0.1) is 0 Å². The number of benzene rings is 1. The van der Waals surface area contributed by atoms with E-state index in [1.165, 1.54) is 24.4 Å². The minimum absolute atomic E-state index is 0.0481. The van der Waals surface area contributed by atoms with E-state index in [1.54, 1.807) is 0 Å². The molecule has 1 aromatic carbocycles. The van der Waals surface area contributed by atoms with Gasteiger partial charge in [-0.3, -0.25) is 0 Å². The molecule has 3 N–H and O–H groups in total. The first-order valence-electron chi connectivity index (χ1n) is 4.98. The molecule has 0 aliphatic carbocycles. The summed E-state index contributed by atoms with van der Waals surface area (Å²) in [5.41, 5.74) is 4.92. The normalized spacial score (nSPS) is 11.3. The molecule has 0 bridgehead atoms. The lowest BCUT2D eigenvalue weighted by Crippen LogP contribution is -2.05. The van der Waals surface area contributed by atoms with Crippen molar-refractivity contribution >= 4 is 17.5 Å². The van der Waals surface area contributed by atoms with E-state index >= 15 is 0 Å². The van der Waals surface area contributed by atoms with Crippen LogP contribution in [0.5, 0.6) is 0 Å². The third-order valence-corrected chi connectivity index (χ3v) is 2.14. The van der Waals surface area contributed by atoms with Crippen LogP contribution >= 0.6 is 0 Å². The summed E-state index contributed by atoms with van der Waals surface area (Å²) < 4.78 is 37.5. The molecule has 0 radical (unpaired) electrons. The molecule has 94 valence electrons. The van der Waals surface area contributed by atoms with Crippen molar-refractivity contribution < 1.29 is 13.2 Å². The predicted molar refractivity (Wildman–Crippen MR) is 61.2 cm³/mol. The van der Waals surface area contributed by atoms with Gasteiger partial charge in [0, 0.05) is 11.9 Å². The van der Waals surface area contributed by atoms with Crippen molar-refractivity contribution in [3.05, 3.63) is 42.1 Å². The Morgan fingerprint density at radius 1 is 1.17 bits per heavy atom. The number of halogens is 3. The van der Waals surface area contributed by atoms with Crippen molar-refractivity contribution in [3.63, 3.8) is 0 Å². The molecule has 0 aliphatic rings. The Kier molecular flexibility index (Phi) is 3.05. The highest BCUT2D eigenvalue weighted by Gasteiger charge is 2.30. The predicted octanol–water partition coefficient (Wildman–Crippen LogP) is 2.82. The summed E-state index contributed by atoms with van der Waals surface area (Å²) in [7, 11) is 0. The minimum atomic E-state index is -4.37. The van der Waals surface area contributed by atoms with Crippen molar-refractivity contribution in [3.8, 4) is 0 Å². The first kappa shape index (κ1) is 12.2. The van der Waals surface area contributed by atoms with Crippen LogP contribution in [0.25, 0.3) is 0 Å². The third kappa shape index (κ3) is 2.88. The SMILES string of the molecule is Nc1nccc(Nc2cccc(C(F)(F)F)c2)n1. The highest BCUT2D eigenvalue weighted by Crippen LogP contribution is 2.31. The Morgan fingerprint density at radius 2 is 1.94 bits per heavy atom. The molecule has 0 fully saturated rings. The van der Waals surface area contributed by atoms with Gasteiger partial charge in [-0.1, -0.05) is 6.07 Å². The average Bonchev–Trinajstić information content (AvgIpc) is 2.28. The van der Waals surface area contributed by atoms with Gasteiger partial charge in [-0.15, -0.1) is 0 Å². The van der Waals surface area contributed by atoms with E-state index in [-0.39, 0.29) is 11.6 Å². The van der Waals surface area contributed by atoms with Crippen LogP contribution in [-0.2, 0) is 6.18 Å². The van der Waals surface area contributed by atoms with E-state index < -0.39 is 11.7 Å². The summed E-state index contributed by atoms with van der Waals surface area (Å²) >= 11 is 0. The van der Waals surface area contributed by atoms with Gasteiger partial charge in [-0.2, -0.15) is 18.2 Å². The van der Waals surface area contributed by atoms with Crippen molar-refractivity contribution in [2.75, 3.05) is 11.1 Å². The van der Waals surface area contributed by atoms with Crippen molar-refractivity contribution in [2.24, 2.45) is 0 Å². The molecule has 0 saturated heterocycles. The number of nitrogen functional groups attached to an aromatic ring is 1. The highest BCUT2D eigenvalue weighted by molar-refractivity contribution is 5.57. The van der Waals surface area contributed by atoms with Gasteiger partial charge >= 0.3 is 6.18 Å². The van der Waals surface area contributed by atoms with Crippen molar-refractivity contribution in [2.45, 2.75) is 6.18 Å². The first-order valence-corrected chi connectivity index (χ1v) is 4.98. The number of nitrogens with two attached hydrogens (primary N) is 1. The quantitative estimate of drug-likeness (QED) is 0.864. The Balaban J connectivity index is 2.25. The number of alkyl halides is 3. The fraction of sp³-hybridized carbons (Fsp3) is 0.0909. The summed E-state index contributed by atoms with van der Waals surface area (Å²) in [6.07, 6.45) is -2.96. The second kappa shape index (κ2) is 4.52. The van der Waals surface area contributed by atoms with Gasteiger partial charge in [-0.25, -0.2) is 4.98 Å². The van der Waals surface area contributed by atoms with Crippen molar-refractivity contribution in [1.29, 1.82) is 0 Å². The molecule has 2 aromatic rings. The third-order valence-electron chi connectivity index (χ3n) is 2.14. The molecule has 4 nitrogen and oxygen atoms in total. The molecule has 7 heteroatoms. The van der Waals surface area contributed by atoms with Gasteiger partial charge < -0.3 is 11.1 Å². The minimum Gasteiger partial charge on any atom is -0.368 e. The summed E-state index contributed by atoms with van der Waals surface area (Å²) in [5, 5.41) is 2.73. The van der Waals surface area contributed by atoms with E-state index in [2.05, 4.69) is 15.3 Å². The monoisotopic (exact) mass is 254 g/mol. The van der Waals surface area contributed by atoms with E-state index in [9.17, 15) is 13.2 Å². The molecule has 0 saturated carbocycles. The number of rotatable bonds is 2. The molecule has 0 atom stereocenters. The zero-order valence-electron chi connectivity index (χ0n) is 9.07. The molecule has 1 heterocycles. The summed E-state index contributed by atoms with van der Waals surface area (Å²) in [4.78, 5) is 7.52. The van der Waals surface area contributed by atoms with Crippen LogP contribution in [0.1, 0.15) is 5.56 Å². The molecular weight excluding hydrogens is 245 g/mol. The van der Waals surface area contributed by atoms with Gasteiger partial charge in [0.05, 0.1) is 5.56 Å². The molecule has 0 aliphatic heterocycles. The Hall–Kier alpha value is -2.31. The second-order valence-corrected chi connectivity index (χ2v) is 3.50. The largest absolute Gasteiger partial charge is 0.416 e. The summed E-state index contributed by atoms with van der Waals surface area (Å²) in [5.74, 6) is 0.383. The zero-order valence-corrected chi connectivity index (χ0v) is 9.07. The van der Waals surface area contributed by atoms with E-state index in [0.29, 0.717) is 5.82 Å². The van der Waals surface area contributed by atoms with Crippen LogP contribution < -0.4 is 11.1 Å². The number of aromatic nitrogens is 2. The number of anilines is 3. The Labute approximate surface area is 101 Å². The van der Waals surface area contributed by atoms with Gasteiger partial charge in [0.15, 0.2) is 0 Å². The van der Waals surface area contributed by atoms with Crippen LogP contribution in [0.15, 0.2) is 36.5 Å². The lowest BCUT2D eigenvalue weighted by Gasteiger charge is -2.10. The molecule has 0 spiro atoms. The zero-order chi connectivity index (χ0) is 13.2. The van der Waals surface area contributed by atoms with E-state index in [1.807, 2.05) is 0 Å². The topological polar surface area (TPSA) is 63.8 Å². The number of nitrogens with zero attached hydrogens (tertiary/aromatic N) is 2. The summed E-state index contributed by atoms with van der Waals surface area (Å²) in [6.45, 7) is 0. The van der Waals surface area contributed by atoms with Crippen molar-refractivity contribution in [1.82, 2.24) is 9.97 Å². The van der Waals surface area contributed by atoms with Crippen LogP contribution in [0.4, 0.5) is 30.6 Å². The lowest BCUT2D eigenvalue weighted by atomic mass is 10.2. The Bertz CT molecular complexity index is 554. The van der Waals surface area contributed by atoms with Gasteiger partial charge in [0.25, 0.3) is 0 Å². The second-order valence-electron chi connectivity index (χ2n) is 3.50. The number of hydrogen-bond acceptors (Lipinski definition) is 4. The summed E-state index contributed by atoms with van der Waals surface area (Å²) in [6, 6.07) is 6.33. The lowest BCUT2D eigenvalue weighted by molar-refractivity contribution is -0.137. The fourth-order valence-corrected chi connectivity index (χ4v) is 1.36. The van der Waals surface area contributed by atoms with E-state index in [4.69, 9.17) is 5.73 Å². The van der Waals surface area contributed by atoms with Gasteiger partial charge in [-0.05, 0) is 24.3 Å². The average molecular weight is 254 g/mol. The standard InChI is InChI=1S/C11H9F3N4/c12-11(13,14)7-2-1-3-8(6-7)17-9-4-5-16-10(15)18-9/h1-6H,(H3,15,16,17,18).